The fourth-order valence-corrected chi connectivity index (χ4v) is 2.09. The van der Waals surface area contributed by atoms with Gasteiger partial charge in [-0.3, -0.25) is 15.0 Å². The predicted octanol–water partition coefficient (Wildman–Crippen LogP) is 3.47. The van der Waals surface area contributed by atoms with Crippen LogP contribution in [0.4, 0.5) is 0 Å². The first-order chi connectivity index (χ1) is 12.4. The second-order valence-electron chi connectivity index (χ2n) is 4.20. The lowest BCUT2D eigenvalue weighted by molar-refractivity contribution is 1.33. The Morgan fingerprint density at radius 3 is 0.960 bits per heavy atom. The smallest absolute Gasteiger partial charge is 0.270 e. The molecule has 0 aliphatic carbocycles. The maximum Gasteiger partial charge on any atom is 0.310 e. The van der Waals surface area contributed by atoms with E-state index in [1.807, 2.05) is 96.1 Å². The lowest BCUT2D eigenvalue weighted by Crippen LogP contribution is -2.55. The van der Waals surface area contributed by atoms with E-state index >= 15 is 0 Å². The molecule has 0 amide bonds. The molecule has 0 radical (unpaired) electrons. The minimum Gasteiger partial charge on any atom is -0.270 e. The monoisotopic (exact) mass is 335 g/mol. The van der Waals surface area contributed by atoms with Crippen LogP contribution in [0.25, 0.3) is 0 Å². The number of hydrogen-bond acceptors (Lipinski definition) is 3. The second kappa shape index (κ2) is 15.1. The molecule has 3 aromatic heterocycles. The van der Waals surface area contributed by atoms with Crippen LogP contribution in [-0.2, 0) is 0 Å². The van der Waals surface area contributed by atoms with Crippen LogP contribution in [0, 0.1) is 0 Å². The van der Waals surface area contributed by atoms with E-state index in [9.17, 15) is 0 Å². The molecule has 3 heterocycles. The quantitative estimate of drug-likeness (QED) is 0.688. The molecule has 0 unspecified atom stereocenters. The summed E-state index contributed by atoms with van der Waals surface area (Å²) in [4.78, 5) is 13.4. The van der Waals surface area contributed by atoms with E-state index in [1.54, 1.807) is 18.6 Å². The van der Waals surface area contributed by atoms with Gasteiger partial charge in [-0.25, -0.2) is 0 Å². The van der Waals surface area contributed by atoms with Crippen molar-refractivity contribution in [2.75, 3.05) is 0 Å². The number of aromatic nitrogens is 3. The molecule has 0 bridgehead atoms. The molecule has 0 aromatic carbocycles. The van der Waals surface area contributed by atoms with E-state index in [0.29, 0.717) is 0 Å². The molecule has 0 saturated heterocycles. The standard InChI is InChI=1S/C15H12BN3.3C2H6/c1-4-10-17-13(7-1)16(14-8-2-5-11-18-14)15-9-3-6-12-19-15;3*1-2/h1-12H;3*1-2H3. The normalized spacial score (nSPS) is 8.40. The molecule has 4 heteroatoms. The molecule has 0 aliphatic rings. The van der Waals surface area contributed by atoms with Gasteiger partial charge in [-0.1, -0.05) is 59.7 Å². The molecule has 3 nitrogen and oxygen atoms in total. The average molecular weight is 335 g/mol. The van der Waals surface area contributed by atoms with E-state index in [4.69, 9.17) is 0 Å². The van der Waals surface area contributed by atoms with Gasteiger partial charge in [0, 0.05) is 35.4 Å². The summed E-state index contributed by atoms with van der Waals surface area (Å²) in [6.07, 6.45) is 5.40. The minimum atomic E-state index is -0.0244. The van der Waals surface area contributed by atoms with Gasteiger partial charge in [-0.2, -0.15) is 0 Å². The fourth-order valence-electron chi connectivity index (χ4n) is 2.09. The first-order valence-electron chi connectivity index (χ1n) is 9.18. The van der Waals surface area contributed by atoms with Crippen LogP contribution in [0.15, 0.2) is 73.2 Å². The fraction of sp³-hybridized carbons (Fsp3) is 0.286. The highest BCUT2D eigenvalue weighted by atomic mass is 14.7. The predicted molar refractivity (Wildman–Crippen MR) is 111 cm³/mol. The average Bonchev–Trinajstić information content (AvgIpc) is 2.75. The second-order valence-corrected chi connectivity index (χ2v) is 4.20. The van der Waals surface area contributed by atoms with Gasteiger partial charge in [0.15, 0.2) is 0 Å². The number of rotatable bonds is 3. The van der Waals surface area contributed by atoms with Crippen molar-refractivity contribution < 1.29 is 0 Å². The van der Waals surface area contributed by atoms with Crippen molar-refractivity contribution in [1.82, 2.24) is 15.0 Å². The Morgan fingerprint density at radius 2 is 0.760 bits per heavy atom. The summed E-state index contributed by atoms with van der Waals surface area (Å²) in [6.45, 7) is 12.0. The third kappa shape index (κ3) is 7.29. The zero-order valence-electron chi connectivity index (χ0n) is 16.3. The Bertz CT molecular complexity index is 537. The van der Waals surface area contributed by atoms with Crippen LogP contribution < -0.4 is 16.8 Å². The van der Waals surface area contributed by atoms with Crippen LogP contribution >= 0.6 is 0 Å². The van der Waals surface area contributed by atoms with E-state index in [1.165, 1.54) is 0 Å². The SMILES string of the molecule is CC.CC.CC.c1ccc(B(c2ccccn2)c2ccccn2)nc1. The first kappa shape index (κ1) is 22.5. The summed E-state index contributed by atoms with van der Waals surface area (Å²) in [6, 6.07) is 17.7. The van der Waals surface area contributed by atoms with Gasteiger partial charge in [-0.05, 0) is 36.4 Å². The maximum absolute atomic E-state index is 4.45. The van der Waals surface area contributed by atoms with Crippen molar-refractivity contribution >= 4 is 23.5 Å². The summed E-state index contributed by atoms with van der Waals surface area (Å²) in [5.74, 6) is 0. The molecule has 25 heavy (non-hydrogen) atoms. The number of pyridine rings is 3. The van der Waals surface area contributed by atoms with Crippen molar-refractivity contribution in [3.63, 3.8) is 0 Å². The minimum absolute atomic E-state index is 0.0244. The zero-order chi connectivity index (χ0) is 18.9. The van der Waals surface area contributed by atoms with Crippen molar-refractivity contribution in [2.24, 2.45) is 0 Å². The molecular weight excluding hydrogens is 305 g/mol. The van der Waals surface area contributed by atoms with E-state index in [-0.39, 0.29) is 6.71 Å². The topological polar surface area (TPSA) is 38.7 Å². The highest BCUT2D eigenvalue weighted by Gasteiger charge is 2.25. The van der Waals surface area contributed by atoms with Gasteiger partial charge in [0.2, 0.25) is 0 Å². The van der Waals surface area contributed by atoms with Crippen molar-refractivity contribution in [3.05, 3.63) is 73.2 Å². The van der Waals surface area contributed by atoms with Gasteiger partial charge in [0.1, 0.15) is 0 Å². The van der Waals surface area contributed by atoms with E-state index < -0.39 is 0 Å². The molecule has 3 rings (SSSR count). The van der Waals surface area contributed by atoms with Crippen LogP contribution in [-0.4, -0.2) is 21.7 Å². The largest absolute Gasteiger partial charge is 0.310 e. The molecule has 0 atom stereocenters. The molecular formula is C21H30BN3. The van der Waals surface area contributed by atoms with Crippen molar-refractivity contribution in [1.29, 1.82) is 0 Å². The Labute approximate surface area is 153 Å². The third-order valence-electron chi connectivity index (χ3n) is 2.95. The molecule has 3 aromatic rings. The summed E-state index contributed by atoms with van der Waals surface area (Å²) in [5.41, 5.74) is 2.87. The van der Waals surface area contributed by atoms with Crippen LogP contribution in [0.1, 0.15) is 41.5 Å². The van der Waals surface area contributed by atoms with Crippen LogP contribution in [0.3, 0.4) is 0 Å². The lowest BCUT2D eigenvalue weighted by atomic mass is 9.42. The highest BCUT2D eigenvalue weighted by molar-refractivity contribution is 6.93. The molecule has 0 saturated carbocycles. The summed E-state index contributed by atoms with van der Waals surface area (Å²) < 4.78 is 0. The molecule has 132 valence electrons. The molecule has 0 N–H and O–H groups in total. The zero-order valence-corrected chi connectivity index (χ0v) is 16.3. The van der Waals surface area contributed by atoms with Crippen molar-refractivity contribution in [2.45, 2.75) is 41.5 Å². The van der Waals surface area contributed by atoms with E-state index in [0.717, 1.165) is 16.8 Å². The Hall–Kier alpha value is -2.49. The first-order valence-corrected chi connectivity index (χ1v) is 9.18. The van der Waals surface area contributed by atoms with Crippen LogP contribution in [0.5, 0.6) is 0 Å². The molecule has 0 aliphatic heterocycles. The van der Waals surface area contributed by atoms with Gasteiger partial charge >= 0.3 is 6.71 Å². The summed E-state index contributed by atoms with van der Waals surface area (Å²) in [7, 11) is 0. The Morgan fingerprint density at radius 1 is 0.480 bits per heavy atom. The summed E-state index contributed by atoms with van der Waals surface area (Å²) in [5, 5.41) is 0. The van der Waals surface area contributed by atoms with Gasteiger partial charge in [-0.15, -0.1) is 0 Å². The Balaban J connectivity index is 0.000000871. The lowest BCUT2D eigenvalue weighted by Gasteiger charge is -2.11. The highest BCUT2D eigenvalue weighted by Crippen LogP contribution is 1.89. The van der Waals surface area contributed by atoms with Gasteiger partial charge in [0.05, 0.1) is 0 Å². The van der Waals surface area contributed by atoms with Gasteiger partial charge in [0.25, 0.3) is 0 Å². The van der Waals surface area contributed by atoms with Crippen molar-refractivity contribution in [3.8, 4) is 0 Å². The molecule has 0 fully saturated rings. The summed E-state index contributed by atoms with van der Waals surface area (Å²) >= 11 is 0. The van der Waals surface area contributed by atoms with Crippen LogP contribution in [0.2, 0.25) is 0 Å². The van der Waals surface area contributed by atoms with Gasteiger partial charge < -0.3 is 0 Å². The number of nitrogens with zero attached hydrogens (tertiary/aromatic N) is 3. The van der Waals surface area contributed by atoms with E-state index in [2.05, 4.69) is 15.0 Å². The maximum atomic E-state index is 4.45. The number of hydrogen-bond donors (Lipinski definition) is 0. The third-order valence-corrected chi connectivity index (χ3v) is 2.95. The Kier molecular flexibility index (Phi) is 13.6. The molecule has 0 spiro atoms.